The van der Waals surface area contributed by atoms with Crippen LogP contribution in [0.2, 0.25) is 0 Å². The van der Waals surface area contributed by atoms with Gasteiger partial charge in [-0.25, -0.2) is 4.79 Å². The van der Waals surface area contributed by atoms with Crippen LogP contribution in [0.25, 0.3) is 0 Å². The van der Waals surface area contributed by atoms with E-state index < -0.39 is 28.7 Å². The fourth-order valence-electron chi connectivity index (χ4n) is 2.72. The molecule has 0 heterocycles. The molecule has 0 fully saturated rings. The van der Waals surface area contributed by atoms with Gasteiger partial charge in [0.2, 0.25) is 11.8 Å². The minimum atomic E-state index is -0.773. The molecule has 0 unspecified atom stereocenters. The van der Waals surface area contributed by atoms with Crippen LogP contribution >= 0.6 is 0 Å². The summed E-state index contributed by atoms with van der Waals surface area (Å²) < 4.78 is 5.23. The number of ether oxygens (including phenoxy) is 1. The van der Waals surface area contributed by atoms with Gasteiger partial charge in [-0.05, 0) is 52.7 Å². The average molecular weight is 466 g/mol. The fraction of sp³-hybridized carbons (Fsp3) is 0.591. The number of hydrogen-bond acceptors (Lipinski definition) is 7. The van der Waals surface area contributed by atoms with Crippen LogP contribution in [0.4, 0.5) is 16.2 Å². The molecule has 1 rings (SSSR count). The van der Waals surface area contributed by atoms with Crippen molar-refractivity contribution in [3.63, 3.8) is 0 Å². The summed E-state index contributed by atoms with van der Waals surface area (Å²) in [6.07, 6.45) is -0.668. The molecule has 0 aliphatic heterocycles. The van der Waals surface area contributed by atoms with E-state index in [4.69, 9.17) is 4.74 Å². The summed E-state index contributed by atoms with van der Waals surface area (Å²) in [5.41, 5.74) is -0.303. The van der Waals surface area contributed by atoms with Crippen LogP contribution in [0.5, 0.6) is 0 Å². The average Bonchev–Trinajstić information content (AvgIpc) is 2.68. The summed E-state index contributed by atoms with van der Waals surface area (Å²) in [5.74, 6) is -0.841. The Morgan fingerprint density at radius 3 is 2.06 bits per heavy atom. The number of carbonyl (C=O) groups is 3. The van der Waals surface area contributed by atoms with Crippen LogP contribution in [0.1, 0.15) is 48.5 Å². The van der Waals surface area contributed by atoms with Gasteiger partial charge in [0.15, 0.2) is 0 Å². The molecule has 184 valence electrons. The maximum atomic E-state index is 12.7. The van der Waals surface area contributed by atoms with Gasteiger partial charge in [0, 0.05) is 30.4 Å². The first-order chi connectivity index (χ1) is 15.2. The highest BCUT2D eigenvalue weighted by molar-refractivity contribution is 5.94. The molecule has 1 aromatic rings. The first kappa shape index (κ1) is 27.8. The molecular formula is C22H35N5O6. The molecule has 0 radical (unpaired) electrons. The van der Waals surface area contributed by atoms with E-state index in [0.717, 1.165) is 0 Å². The molecule has 0 saturated carbocycles. The molecule has 0 aliphatic rings. The molecule has 4 N–H and O–H groups in total. The van der Waals surface area contributed by atoms with Gasteiger partial charge in [-0.1, -0.05) is 13.8 Å². The highest BCUT2D eigenvalue weighted by atomic mass is 16.6. The highest BCUT2D eigenvalue weighted by Crippen LogP contribution is 2.15. The molecule has 33 heavy (non-hydrogen) atoms. The van der Waals surface area contributed by atoms with Crippen molar-refractivity contribution in [2.24, 2.45) is 5.92 Å². The van der Waals surface area contributed by atoms with Gasteiger partial charge in [-0.2, -0.15) is 0 Å². The Kier molecular flexibility index (Phi) is 10.2. The van der Waals surface area contributed by atoms with E-state index in [2.05, 4.69) is 21.3 Å². The number of nitrogens with zero attached hydrogens (tertiary/aromatic N) is 1. The Labute approximate surface area is 194 Å². The number of nitrogens with one attached hydrogen (secondary N) is 4. The highest BCUT2D eigenvalue weighted by Gasteiger charge is 2.27. The van der Waals surface area contributed by atoms with Crippen molar-refractivity contribution < 1.29 is 24.0 Å². The lowest BCUT2D eigenvalue weighted by Gasteiger charge is -2.26. The number of benzene rings is 1. The molecule has 0 spiro atoms. The normalized spacial score (nSPS) is 14.1. The zero-order chi connectivity index (χ0) is 25.3. The third-order valence-electron chi connectivity index (χ3n) is 4.48. The summed E-state index contributed by atoms with van der Waals surface area (Å²) in [6, 6.07) is 3.84. The van der Waals surface area contributed by atoms with Gasteiger partial charge < -0.3 is 26.0 Å². The smallest absolute Gasteiger partial charge is 0.408 e. The van der Waals surface area contributed by atoms with Crippen molar-refractivity contribution in [2.45, 2.75) is 72.2 Å². The second-order valence-corrected chi connectivity index (χ2v) is 9.20. The van der Waals surface area contributed by atoms with Gasteiger partial charge in [0.05, 0.1) is 11.0 Å². The lowest BCUT2D eigenvalue weighted by Crippen LogP contribution is -2.54. The second kappa shape index (κ2) is 12.1. The third kappa shape index (κ3) is 10.3. The van der Waals surface area contributed by atoms with Gasteiger partial charge >= 0.3 is 6.09 Å². The Hall–Kier alpha value is -3.21. The largest absolute Gasteiger partial charge is 0.444 e. The quantitative estimate of drug-likeness (QED) is 0.306. The van der Waals surface area contributed by atoms with E-state index in [0.29, 0.717) is 12.2 Å². The molecule has 11 heteroatoms. The second-order valence-electron chi connectivity index (χ2n) is 9.20. The molecule has 3 amide bonds. The molecule has 0 aliphatic carbocycles. The molecule has 0 saturated heterocycles. The number of nitro groups is 1. The van der Waals surface area contributed by atoms with Crippen LogP contribution in [0.15, 0.2) is 24.3 Å². The molecule has 3 atom stereocenters. The van der Waals surface area contributed by atoms with Crippen molar-refractivity contribution in [3.8, 4) is 0 Å². The van der Waals surface area contributed by atoms with Crippen molar-refractivity contribution in [2.75, 3.05) is 11.9 Å². The predicted molar refractivity (Wildman–Crippen MR) is 125 cm³/mol. The van der Waals surface area contributed by atoms with E-state index in [9.17, 15) is 24.5 Å². The van der Waals surface area contributed by atoms with E-state index in [-0.39, 0.29) is 29.5 Å². The van der Waals surface area contributed by atoms with Gasteiger partial charge in [0.25, 0.3) is 5.69 Å². The van der Waals surface area contributed by atoms with Crippen LogP contribution < -0.4 is 21.3 Å². The van der Waals surface area contributed by atoms with Crippen LogP contribution in [-0.2, 0) is 14.3 Å². The zero-order valence-corrected chi connectivity index (χ0v) is 20.2. The molecule has 0 bridgehead atoms. The minimum Gasteiger partial charge on any atom is -0.444 e. The van der Waals surface area contributed by atoms with E-state index >= 15 is 0 Å². The summed E-state index contributed by atoms with van der Waals surface area (Å²) in [6.45, 7) is 12.6. The monoisotopic (exact) mass is 465 g/mol. The molecule has 0 aromatic heterocycles. The summed E-state index contributed by atoms with van der Waals surface area (Å²) in [4.78, 5) is 47.2. The standard InChI is InChI=1S/C22H35N5O6/c1-13(2)18(26-21(30)33-22(5,6)7)20(29)24-14(3)12-23-15(4)19(28)25-16-8-10-17(11-9-16)27(31)32/h8-11,13-15,18,23H,12H2,1-7H3,(H,24,29)(H,25,28)(H,26,30)/t14-,15-,18-/m0/s1. The predicted octanol–water partition coefficient (Wildman–Crippen LogP) is 2.57. The maximum Gasteiger partial charge on any atom is 0.408 e. The van der Waals surface area contributed by atoms with Gasteiger partial charge in [0.1, 0.15) is 11.6 Å². The number of nitro benzene ring substituents is 1. The van der Waals surface area contributed by atoms with E-state index in [1.54, 1.807) is 34.6 Å². The number of non-ortho nitro benzene ring substituents is 1. The number of alkyl carbamates (subject to hydrolysis) is 1. The fourth-order valence-corrected chi connectivity index (χ4v) is 2.72. The van der Waals surface area contributed by atoms with Crippen LogP contribution in [0, 0.1) is 16.0 Å². The number of rotatable bonds is 10. The van der Waals surface area contributed by atoms with Crippen molar-refractivity contribution in [3.05, 3.63) is 34.4 Å². The van der Waals surface area contributed by atoms with Gasteiger partial charge in [-0.15, -0.1) is 0 Å². The summed E-state index contributed by atoms with van der Waals surface area (Å²) >= 11 is 0. The lowest BCUT2D eigenvalue weighted by atomic mass is 10.0. The molecular weight excluding hydrogens is 430 g/mol. The van der Waals surface area contributed by atoms with Crippen LogP contribution in [0.3, 0.4) is 0 Å². The number of carbonyl (C=O) groups excluding carboxylic acids is 3. The first-order valence-electron chi connectivity index (χ1n) is 10.8. The SMILES string of the molecule is CC(C)[C@H](NC(=O)OC(C)(C)C)C(=O)N[C@@H](C)CN[C@@H](C)C(=O)Nc1ccc([N+](=O)[O-])cc1. The number of anilines is 1. The topological polar surface area (TPSA) is 152 Å². The molecule has 11 nitrogen and oxygen atoms in total. The van der Waals surface area contributed by atoms with Crippen molar-refractivity contribution in [1.29, 1.82) is 0 Å². The van der Waals surface area contributed by atoms with Crippen molar-refractivity contribution in [1.82, 2.24) is 16.0 Å². The van der Waals surface area contributed by atoms with E-state index in [1.807, 2.05) is 13.8 Å². The first-order valence-corrected chi connectivity index (χ1v) is 10.8. The number of hydrogen-bond donors (Lipinski definition) is 4. The zero-order valence-electron chi connectivity index (χ0n) is 20.2. The third-order valence-corrected chi connectivity index (χ3v) is 4.48. The minimum absolute atomic E-state index is 0.0652. The number of amides is 3. The van der Waals surface area contributed by atoms with Gasteiger partial charge in [-0.3, -0.25) is 19.7 Å². The summed E-state index contributed by atoms with van der Waals surface area (Å²) in [5, 5.41) is 21.8. The Bertz CT molecular complexity index is 835. The van der Waals surface area contributed by atoms with Crippen LogP contribution in [-0.4, -0.2) is 53.1 Å². The Balaban J connectivity index is 2.54. The summed E-state index contributed by atoms with van der Waals surface area (Å²) in [7, 11) is 0. The Morgan fingerprint density at radius 1 is 1.00 bits per heavy atom. The Morgan fingerprint density at radius 2 is 1.58 bits per heavy atom. The van der Waals surface area contributed by atoms with Crippen molar-refractivity contribution >= 4 is 29.3 Å². The lowest BCUT2D eigenvalue weighted by molar-refractivity contribution is -0.384. The van der Waals surface area contributed by atoms with E-state index in [1.165, 1.54) is 24.3 Å². The maximum absolute atomic E-state index is 12.7. The molecule has 1 aromatic carbocycles.